The molecule has 0 aliphatic heterocycles. The number of aliphatic hydroxyl groups excluding tert-OH is 1. The van der Waals surface area contributed by atoms with Gasteiger partial charge in [0.05, 0.1) is 6.10 Å². The maximum Gasteiger partial charge on any atom is 0.158 e. The van der Waals surface area contributed by atoms with E-state index in [1.54, 1.807) is 6.92 Å². The van der Waals surface area contributed by atoms with Gasteiger partial charge in [-0.1, -0.05) is 6.92 Å². The number of ether oxygens (including phenoxy) is 1. The molecule has 1 atom stereocenters. The summed E-state index contributed by atoms with van der Waals surface area (Å²) in [6.45, 7) is 8.60. The van der Waals surface area contributed by atoms with E-state index in [2.05, 4.69) is 27.5 Å². The van der Waals surface area contributed by atoms with Crippen molar-refractivity contribution in [2.45, 2.75) is 52.7 Å². The molecule has 1 aromatic rings. The van der Waals surface area contributed by atoms with E-state index < -0.39 is 0 Å². The highest BCUT2D eigenvalue weighted by atomic mass is 16.5. The molecular weight excluding hydrogens is 268 g/mol. The predicted octanol–water partition coefficient (Wildman–Crippen LogP) is 2.41. The maximum absolute atomic E-state index is 9.25. The summed E-state index contributed by atoms with van der Waals surface area (Å²) < 4.78 is 5.38. The van der Waals surface area contributed by atoms with E-state index in [1.807, 2.05) is 13.0 Å². The molecule has 6 heteroatoms. The SMILES string of the molecule is CCCNc1cc(NCCCC(C)O)nc(COCC)n1. The zero-order chi connectivity index (χ0) is 15.5. The molecule has 1 aromatic heterocycles. The zero-order valence-corrected chi connectivity index (χ0v) is 13.4. The lowest BCUT2D eigenvalue weighted by atomic mass is 10.2. The summed E-state index contributed by atoms with van der Waals surface area (Å²) in [6.07, 6.45) is 2.47. The average molecular weight is 296 g/mol. The Balaban J connectivity index is 2.61. The van der Waals surface area contributed by atoms with Crippen LogP contribution in [0.3, 0.4) is 0 Å². The summed E-state index contributed by atoms with van der Waals surface area (Å²) in [7, 11) is 0. The first-order valence-electron chi connectivity index (χ1n) is 7.77. The van der Waals surface area contributed by atoms with E-state index in [-0.39, 0.29) is 6.10 Å². The van der Waals surface area contributed by atoms with Crippen LogP contribution in [0.5, 0.6) is 0 Å². The largest absolute Gasteiger partial charge is 0.393 e. The Morgan fingerprint density at radius 3 is 2.43 bits per heavy atom. The van der Waals surface area contributed by atoms with Gasteiger partial charge in [-0.25, -0.2) is 9.97 Å². The molecule has 0 fully saturated rings. The number of aliphatic hydroxyl groups is 1. The fraction of sp³-hybridized carbons (Fsp3) is 0.733. The van der Waals surface area contributed by atoms with Crippen molar-refractivity contribution >= 4 is 11.6 Å². The van der Waals surface area contributed by atoms with Crippen molar-refractivity contribution in [1.82, 2.24) is 9.97 Å². The molecule has 0 aromatic carbocycles. The maximum atomic E-state index is 9.25. The third-order valence-corrected chi connectivity index (χ3v) is 2.87. The zero-order valence-electron chi connectivity index (χ0n) is 13.4. The van der Waals surface area contributed by atoms with E-state index in [9.17, 15) is 5.11 Å². The molecule has 3 N–H and O–H groups in total. The molecule has 1 unspecified atom stereocenters. The second kappa shape index (κ2) is 10.3. The van der Waals surface area contributed by atoms with Gasteiger partial charge < -0.3 is 20.5 Å². The van der Waals surface area contributed by atoms with Crippen LogP contribution >= 0.6 is 0 Å². The molecule has 0 aliphatic rings. The lowest BCUT2D eigenvalue weighted by Crippen LogP contribution is -2.11. The normalized spacial score (nSPS) is 12.2. The van der Waals surface area contributed by atoms with Gasteiger partial charge in [-0.2, -0.15) is 0 Å². The minimum atomic E-state index is -0.257. The number of rotatable bonds is 11. The highest BCUT2D eigenvalue weighted by Crippen LogP contribution is 2.12. The number of anilines is 2. The molecule has 1 heterocycles. The monoisotopic (exact) mass is 296 g/mol. The van der Waals surface area contributed by atoms with Crippen LogP contribution in [0.1, 0.15) is 45.9 Å². The van der Waals surface area contributed by atoms with Crippen LogP contribution in [0.25, 0.3) is 0 Å². The number of aromatic nitrogens is 2. The van der Waals surface area contributed by atoms with Gasteiger partial charge in [-0.15, -0.1) is 0 Å². The highest BCUT2D eigenvalue weighted by Gasteiger charge is 2.05. The van der Waals surface area contributed by atoms with Crippen LogP contribution in [0.4, 0.5) is 11.6 Å². The second-order valence-electron chi connectivity index (χ2n) is 5.04. The Bertz CT molecular complexity index is 373. The first kappa shape index (κ1) is 17.7. The molecule has 1 rings (SSSR count). The van der Waals surface area contributed by atoms with E-state index in [4.69, 9.17) is 4.74 Å². The van der Waals surface area contributed by atoms with Crippen molar-refractivity contribution in [3.8, 4) is 0 Å². The van der Waals surface area contributed by atoms with E-state index in [0.717, 1.165) is 44.0 Å². The number of hydrogen-bond donors (Lipinski definition) is 3. The summed E-state index contributed by atoms with van der Waals surface area (Å²) >= 11 is 0. The van der Waals surface area contributed by atoms with Crippen molar-refractivity contribution in [2.75, 3.05) is 30.3 Å². The molecule has 0 saturated carbocycles. The van der Waals surface area contributed by atoms with Gasteiger partial charge >= 0.3 is 0 Å². The van der Waals surface area contributed by atoms with Crippen molar-refractivity contribution in [2.24, 2.45) is 0 Å². The fourth-order valence-corrected chi connectivity index (χ4v) is 1.80. The van der Waals surface area contributed by atoms with Gasteiger partial charge in [0, 0.05) is 25.8 Å². The second-order valence-corrected chi connectivity index (χ2v) is 5.04. The summed E-state index contributed by atoms with van der Waals surface area (Å²) in [4.78, 5) is 8.88. The quantitative estimate of drug-likeness (QED) is 0.544. The fourth-order valence-electron chi connectivity index (χ4n) is 1.80. The minimum Gasteiger partial charge on any atom is -0.393 e. The summed E-state index contributed by atoms with van der Waals surface area (Å²) in [5, 5.41) is 15.8. The minimum absolute atomic E-state index is 0.257. The van der Waals surface area contributed by atoms with Crippen LogP contribution < -0.4 is 10.6 Å². The molecule has 0 bridgehead atoms. The van der Waals surface area contributed by atoms with Crippen LogP contribution in [0.2, 0.25) is 0 Å². The summed E-state index contributed by atoms with van der Waals surface area (Å²) in [6, 6.07) is 1.91. The standard InChI is InChI=1S/C15H28N4O2/c1-4-8-16-13-10-14(17-9-6-7-12(3)20)19-15(18-13)11-21-5-2/h10,12,20H,4-9,11H2,1-3H3,(H2,16,17,18,19). The number of nitrogens with one attached hydrogen (secondary N) is 2. The molecule has 6 nitrogen and oxygen atoms in total. The predicted molar refractivity (Wildman–Crippen MR) is 85.5 cm³/mol. The van der Waals surface area contributed by atoms with Gasteiger partial charge in [0.1, 0.15) is 18.2 Å². The van der Waals surface area contributed by atoms with Gasteiger partial charge in [0.25, 0.3) is 0 Å². The van der Waals surface area contributed by atoms with Crippen molar-refractivity contribution in [3.05, 3.63) is 11.9 Å². The van der Waals surface area contributed by atoms with Crippen LogP contribution in [0, 0.1) is 0 Å². The van der Waals surface area contributed by atoms with Gasteiger partial charge in [-0.3, -0.25) is 0 Å². The average Bonchev–Trinajstić information content (AvgIpc) is 2.47. The van der Waals surface area contributed by atoms with Gasteiger partial charge in [0.15, 0.2) is 5.82 Å². The molecule has 0 spiro atoms. The molecular formula is C15H28N4O2. The molecule has 0 amide bonds. The number of hydrogen-bond acceptors (Lipinski definition) is 6. The molecule has 0 aliphatic carbocycles. The first-order valence-corrected chi connectivity index (χ1v) is 7.77. The molecule has 0 saturated heterocycles. The smallest absolute Gasteiger partial charge is 0.158 e. The molecule has 0 radical (unpaired) electrons. The lowest BCUT2D eigenvalue weighted by Gasteiger charge is -2.11. The third kappa shape index (κ3) is 7.82. The van der Waals surface area contributed by atoms with E-state index in [0.29, 0.717) is 19.0 Å². The Morgan fingerprint density at radius 2 is 1.86 bits per heavy atom. The lowest BCUT2D eigenvalue weighted by molar-refractivity contribution is 0.128. The first-order chi connectivity index (χ1) is 10.2. The van der Waals surface area contributed by atoms with Crippen molar-refractivity contribution < 1.29 is 9.84 Å². The number of nitrogens with zero attached hydrogens (tertiary/aromatic N) is 2. The van der Waals surface area contributed by atoms with Crippen LogP contribution in [0.15, 0.2) is 6.07 Å². The third-order valence-electron chi connectivity index (χ3n) is 2.87. The summed E-state index contributed by atoms with van der Waals surface area (Å²) in [5.74, 6) is 2.29. The van der Waals surface area contributed by atoms with E-state index in [1.165, 1.54) is 0 Å². The molecule has 120 valence electrons. The van der Waals surface area contributed by atoms with Gasteiger partial charge in [0.2, 0.25) is 0 Å². The Morgan fingerprint density at radius 1 is 1.19 bits per heavy atom. The Kier molecular flexibility index (Phi) is 8.69. The van der Waals surface area contributed by atoms with E-state index >= 15 is 0 Å². The topological polar surface area (TPSA) is 79.3 Å². The summed E-state index contributed by atoms with van der Waals surface area (Å²) in [5.41, 5.74) is 0. The van der Waals surface area contributed by atoms with Crippen LogP contribution in [-0.4, -0.2) is 40.9 Å². The Hall–Kier alpha value is -1.40. The van der Waals surface area contributed by atoms with Crippen molar-refractivity contribution in [1.29, 1.82) is 0 Å². The van der Waals surface area contributed by atoms with Gasteiger partial charge in [-0.05, 0) is 33.1 Å². The van der Waals surface area contributed by atoms with Crippen molar-refractivity contribution in [3.63, 3.8) is 0 Å². The Labute approximate surface area is 127 Å². The highest BCUT2D eigenvalue weighted by molar-refractivity contribution is 5.47. The van der Waals surface area contributed by atoms with Crippen LogP contribution in [-0.2, 0) is 11.3 Å². The molecule has 21 heavy (non-hydrogen) atoms.